The van der Waals surface area contributed by atoms with Gasteiger partial charge in [-0.3, -0.25) is 9.69 Å². The molecular formula is C18H23BrN2O. The van der Waals surface area contributed by atoms with Gasteiger partial charge in [-0.2, -0.15) is 0 Å². The largest absolute Gasteiger partial charge is 0.352 e. The fourth-order valence-electron chi connectivity index (χ4n) is 2.96. The lowest BCUT2D eigenvalue weighted by Gasteiger charge is -2.33. The Kier molecular flexibility index (Phi) is 6.48. The van der Waals surface area contributed by atoms with Crippen molar-refractivity contribution >= 4 is 21.8 Å². The number of hydrogen-bond donors (Lipinski definition) is 1. The third kappa shape index (κ3) is 4.86. The number of nitrogens with zero attached hydrogens (tertiary/aromatic N) is 1. The summed E-state index contributed by atoms with van der Waals surface area (Å²) in [7, 11) is 0. The molecule has 2 rings (SSSR count). The first-order valence-electron chi connectivity index (χ1n) is 7.82. The predicted octanol–water partition coefficient (Wildman–Crippen LogP) is 2.98. The van der Waals surface area contributed by atoms with Gasteiger partial charge in [-0.1, -0.05) is 40.4 Å². The Hall–Kier alpha value is -1.31. The van der Waals surface area contributed by atoms with Gasteiger partial charge >= 0.3 is 0 Å². The highest BCUT2D eigenvalue weighted by molar-refractivity contribution is 9.10. The van der Waals surface area contributed by atoms with Gasteiger partial charge in [-0.15, -0.1) is 6.42 Å². The molecule has 22 heavy (non-hydrogen) atoms. The molecule has 1 N–H and O–H groups in total. The first-order chi connectivity index (χ1) is 10.6. The van der Waals surface area contributed by atoms with E-state index in [2.05, 4.69) is 44.2 Å². The smallest absolute Gasteiger partial charge is 0.237 e. The Labute approximate surface area is 141 Å². The maximum Gasteiger partial charge on any atom is 0.237 e. The molecule has 0 bridgehead atoms. The maximum atomic E-state index is 12.5. The minimum Gasteiger partial charge on any atom is -0.352 e. The Bertz CT molecular complexity index is 535. The number of amides is 1. The molecule has 0 aliphatic carbocycles. The molecule has 1 aromatic rings. The van der Waals surface area contributed by atoms with Crippen LogP contribution < -0.4 is 5.32 Å². The van der Waals surface area contributed by atoms with E-state index in [-0.39, 0.29) is 18.0 Å². The molecule has 0 aromatic heterocycles. The molecule has 1 aliphatic heterocycles. The van der Waals surface area contributed by atoms with E-state index in [0.29, 0.717) is 6.54 Å². The number of carbonyl (C=O) groups is 1. The van der Waals surface area contributed by atoms with Crippen molar-refractivity contribution < 1.29 is 4.79 Å². The van der Waals surface area contributed by atoms with Gasteiger partial charge in [0.1, 0.15) is 0 Å². The van der Waals surface area contributed by atoms with E-state index in [1.165, 1.54) is 5.56 Å². The second-order valence-electron chi connectivity index (χ2n) is 5.93. The van der Waals surface area contributed by atoms with E-state index < -0.39 is 0 Å². The van der Waals surface area contributed by atoms with E-state index in [1.807, 2.05) is 19.1 Å². The Balaban J connectivity index is 1.89. The van der Waals surface area contributed by atoms with Crippen molar-refractivity contribution in [2.75, 3.05) is 13.1 Å². The van der Waals surface area contributed by atoms with Crippen LogP contribution in [-0.2, 0) is 11.2 Å². The third-order valence-electron chi connectivity index (χ3n) is 4.05. The highest BCUT2D eigenvalue weighted by Crippen LogP contribution is 2.17. The number of benzene rings is 1. The van der Waals surface area contributed by atoms with E-state index in [0.717, 1.165) is 36.7 Å². The number of halogens is 1. The summed E-state index contributed by atoms with van der Waals surface area (Å²) >= 11 is 3.43. The Morgan fingerprint density at radius 1 is 1.45 bits per heavy atom. The molecule has 0 radical (unpaired) electrons. The molecule has 3 nitrogen and oxygen atoms in total. The van der Waals surface area contributed by atoms with Crippen molar-refractivity contribution in [3.63, 3.8) is 0 Å². The van der Waals surface area contributed by atoms with Gasteiger partial charge in [-0.25, -0.2) is 0 Å². The first-order valence-corrected chi connectivity index (χ1v) is 8.62. The number of terminal acetylenes is 1. The van der Waals surface area contributed by atoms with Crippen molar-refractivity contribution in [3.8, 4) is 12.3 Å². The number of hydrogen-bond acceptors (Lipinski definition) is 2. The van der Waals surface area contributed by atoms with E-state index >= 15 is 0 Å². The summed E-state index contributed by atoms with van der Waals surface area (Å²) in [6.07, 6.45) is 9.37. The zero-order valence-corrected chi connectivity index (χ0v) is 14.6. The average molecular weight is 363 g/mol. The normalized spacial score (nSPS) is 20.1. The van der Waals surface area contributed by atoms with Crippen LogP contribution in [-0.4, -0.2) is 36.0 Å². The van der Waals surface area contributed by atoms with Gasteiger partial charge in [0.25, 0.3) is 0 Å². The predicted molar refractivity (Wildman–Crippen MR) is 93.5 cm³/mol. The van der Waals surface area contributed by atoms with E-state index in [4.69, 9.17) is 6.42 Å². The molecular weight excluding hydrogens is 340 g/mol. The van der Waals surface area contributed by atoms with Crippen LogP contribution in [0.25, 0.3) is 0 Å². The molecule has 1 saturated heterocycles. The summed E-state index contributed by atoms with van der Waals surface area (Å²) < 4.78 is 1.07. The van der Waals surface area contributed by atoms with Crippen molar-refractivity contribution in [3.05, 3.63) is 34.3 Å². The molecule has 1 heterocycles. The van der Waals surface area contributed by atoms with Crippen LogP contribution in [0.5, 0.6) is 0 Å². The van der Waals surface area contributed by atoms with Crippen LogP contribution in [0.2, 0.25) is 0 Å². The van der Waals surface area contributed by atoms with Crippen LogP contribution >= 0.6 is 15.9 Å². The number of piperidine rings is 1. The molecule has 0 spiro atoms. The molecule has 0 saturated carbocycles. The molecule has 4 heteroatoms. The highest BCUT2D eigenvalue weighted by Gasteiger charge is 2.28. The molecule has 2 atom stereocenters. The first kappa shape index (κ1) is 17.1. The van der Waals surface area contributed by atoms with E-state index in [1.54, 1.807) is 0 Å². The van der Waals surface area contributed by atoms with Gasteiger partial charge in [0, 0.05) is 10.5 Å². The monoisotopic (exact) mass is 362 g/mol. The number of rotatable bonds is 5. The lowest BCUT2D eigenvalue weighted by Crippen LogP contribution is -2.51. The topological polar surface area (TPSA) is 32.3 Å². The quantitative estimate of drug-likeness (QED) is 0.816. The maximum absolute atomic E-state index is 12.5. The van der Waals surface area contributed by atoms with Gasteiger partial charge in [0.15, 0.2) is 0 Å². The van der Waals surface area contributed by atoms with Crippen LogP contribution in [0.3, 0.4) is 0 Å². The molecule has 1 amide bonds. The SMILES string of the molecule is C#CCN1CCCCC1C(=O)NC(C)Cc1ccc(Br)cc1. The summed E-state index contributed by atoms with van der Waals surface area (Å²) in [6.45, 7) is 3.52. The minimum absolute atomic E-state index is 0.0721. The van der Waals surface area contributed by atoms with Crippen molar-refractivity contribution in [1.82, 2.24) is 10.2 Å². The van der Waals surface area contributed by atoms with Gasteiger partial charge < -0.3 is 5.32 Å². The summed E-state index contributed by atoms with van der Waals surface area (Å²) in [5, 5.41) is 3.14. The summed E-state index contributed by atoms with van der Waals surface area (Å²) in [6, 6.07) is 8.26. The van der Waals surface area contributed by atoms with Crippen LogP contribution in [0.15, 0.2) is 28.7 Å². The Morgan fingerprint density at radius 2 is 2.18 bits per heavy atom. The minimum atomic E-state index is -0.0721. The van der Waals surface area contributed by atoms with Gasteiger partial charge in [0.05, 0.1) is 12.6 Å². The molecule has 1 fully saturated rings. The standard InChI is InChI=1S/C18H23BrN2O/c1-3-11-21-12-5-4-6-17(21)18(22)20-14(2)13-15-7-9-16(19)10-8-15/h1,7-10,14,17H,4-6,11-13H2,2H3,(H,20,22). The summed E-state index contributed by atoms with van der Waals surface area (Å²) in [5.74, 6) is 2.77. The fraction of sp³-hybridized carbons (Fsp3) is 0.500. The van der Waals surface area contributed by atoms with Crippen LogP contribution in [0.1, 0.15) is 31.7 Å². The van der Waals surface area contributed by atoms with Gasteiger partial charge in [-0.05, 0) is 50.4 Å². The third-order valence-corrected chi connectivity index (χ3v) is 4.58. The van der Waals surface area contributed by atoms with Crippen molar-refractivity contribution in [2.45, 2.75) is 44.7 Å². The summed E-state index contributed by atoms with van der Waals surface area (Å²) in [5.41, 5.74) is 1.22. The number of nitrogens with one attached hydrogen (secondary N) is 1. The molecule has 118 valence electrons. The molecule has 1 aromatic carbocycles. The fourth-order valence-corrected chi connectivity index (χ4v) is 3.22. The molecule has 1 aliphatic rings. The zero-order chi connectivity index (χ0) is 15.9. The van der Waals surface area contributed by atoms with E-state index in [9.17, 15) is 4.79 Å². The summed E-state index contributed by atoms with van der Waals surface area (Å²) in [4.78, 5) is 14.6. The van der Waals surface area contributed by atoms with Crippen LogP contribution in [0.4, 0.5) is 0 Å². The van der Waals surface area contributed by atoms with Crippen molar-refractivity contribution in [2.24, 2.45) is 0 Å². The van der Waals surface area contributed by atoms with Crippen LogP contribution in [0, 0.1) is 12.3 Å². The van der Waals surface area contributed by atoms with Gasteiger partial charge in [0.2, 0.25) is 5.91 Å². The second kappa shape index (κ2) is 8.36. The lowest BCUT2D eigenvalue weighted by molar-refractivity contribution is -0.127. The number of carbonyl (C=O) groups excluding carboxylic acids is 1. The van der Waals surface area contributed by atoms with Crippen molar-refractivity contribution in [1.29, 1.82) is 0 Å². The lowest BCUT2D eigenvalue weighted by atomic mass is 10.0. The highest BCUT2D eigenvalue weighted by atomic mass is 79.9. The second-order valence-corrected chi connectivity index (χ2v) is 6.84. The molecule has 2 unspecified atom stereocenters. The average Bonchev–Trinajstić information content (AvgIpc) is 2.50. The zero-order valence-electron chi connectivity index (χ0n) is 13.0. The Morgan fingerprint density at radius 3 is 2.86 bits per heavy atom. The number of likely N-dealkylation sites (tertiary alicyclic amines) is 1.